The number of aliphatic hydroxyl groups excluding tert-OH is 1. The molecule has 0 spiro atoms. The number of hydrogen-bond acceptors (Lipinski definition) is 3. The van der Waals surface area contributed by atoms with Gasteiger partial charge in [0.15, 0.2) is 0 Å². The van der Waals surface area contributed by atoms with Gasteiger partial charge in [-0.05, 0) is 36.4 Å². The van der Waals surface area contributed by atoms with Crippen LogP contribution in [0.15, 0.2) is 36.4 Å². The third kappa shape index (κ3) is 6.84. The Morgan fingerprint density at radius 3 is 1.54 bits per heavy atom. The molecule has 2 amide bonds. The van der Waals surface area contributed by atoms with E-state index in [2.05, 4.69) is 0 Å². The van der Waals surface area contributed by atoms with Gasteiger partial charge < -0.3 is 15.3 Å². The lowest BCUT2D eigenvalue weighted by Gasteiger charge is -2.23. The summed E-state index contributed by atoms with van der Waals surface area (Å²) in [5, 5.41) is 11.4. The molecule has 0 aliphatic carbocycles. The number of nitrogens with one attached hydrogen (secondary N) is 1. The monoisotopic (exact) mass is 556 g/mol. The Morgan fingerprint density at radius 1 is 0.703 bits per heavy atom. The van der Waals surface area contributed by atoms with Crippen molar-refractivity contribution in [1.29, 1.82) is 0 Å². The van der Waals surface area contributed by atoms with E-state index in [0.29, 0.717) is 19.2 Å². The number of amides is 2. The minimum absolute atomic E-state index is 0.00470. The van der Waals surface area contributed by atoms with Crippen molar-refractivity contribution in [3.05, 3.63) is 58.7 Å². The van der Waals surface area contributed by atoms with Gasteiger partial charge in [0, 0.05) is 18.4 Å². The molecule has 0 radical (unpaired) electrons. The largest absolute Gasteiger partial charge is 0.417 e. The second-order valence-corrected chi connectivity index (χ2v) is 7.27. The summed E-state index contributed by atoms with van der Waals surface area (Å²) < 4.78 is 156. The summed E-state index contributed by atoms with van der Waals surface area (Å²) in [7, 11) is 0.668. The van der Waals surface area contributed by atoms with Gasteiger partial charge in [-0.2, -0.15) is 52.7 Å². The summed E-state index contributed by atoms with van der Waals surface area (Å²) in [4.78, 5) is 24.6. The van der Waals surface area contributed by atoms with Crippen molar-refractivity contribution in [2.45, 2.75) is 30.8 Å². The lowest BCUT2D eigenvalue weighted by atomic mass is 10.0. The van der Waals surface area contributed by atoms with Crippen LogP contribution in [-0.2, 0) is 34.3 Å². The molecule has 1 unspecified atom stereocenters. The number of likely N-dealkylation sites (N-methyl/N-ethyl adjacent to an activating group) is 1. The Labute approximate surface area is 198 Å². The number of alkyl halides is 12. The zero-order valence-corrected chi connectivity index (χ0v) is 17.8. The highest BCUT2D eigenvalue weighted by Gasteiger charge is 2.44. The number of halogens is 12. The first-order chi connectivity index (χ1) is 16.5. The predicted octanol–water partition coefficient (Wildman–Crippen LogP) is 5.72. The maximum absolute atomic E-state index is 13.1. The van der Waals surface area contributed by atoms with Gasteiger partial charge in [0.05, 0.1) is 22.3 Å². The Morgan fingerprint density at radius 2 is 1.11 bits per heavy atom. The molecule has 2 aromatic rings. The molecule has 0 fully saturated rings. The molecule has 0 aliphatic rings. The minimum atomic E-state index is -5.53. The minimum Gasteiger partial charge on any atom is -0.375 e. The molecular weight excluding hydrogens is 544 g/mol. The number of anilines is 2. The SMILES string of the molecule is CN(C(=O)C(O)C(=O)Nc1ccc(C(F)(F)F)c(C(F)(F)F)c1)c1ccc(C(F)(F)F)c(C(F)(F)F)c1. The van der Waals surface area contributed by atoms with Crippen molar-refractivity contribution in [2.75, 3.05) is 17.3 Å². The summed E-state index contributed by atoms with van der Waals surface area (Å²) in [6.45, 7) is 0. The first-order valence-corrected chi connectivity index (χ1v) is 9.38. The van der Waals surface area contributed by atoms with E-state index in [1.807, 2.05) is 0 Å². The van der Waals surface area contributed by atoms with Crippen LogP contribution in [0.2, 0.25) is 0 Å². The average Bonchev–Trinajstić information content (AvgIpc) is 2.74. The van der Waals surface area contributed by atoms with Crippen molar-refractivity contribution in [3.8, 4) is 0 Å². The molecule has 0 aliphatic heterocycles. The highest BCUT2D eigenvalue weighted by molar-refractivity contribution is 6.13. The number of hydrogen-bond donors (Lipinski definition) is 2. The van der Waals surface area contributed by atoms with Crippen molar-refractivity contribution < 1.29 is 67.4 Å². The first kappa shape index (κ1) is 29.7. The molecule has 0 aromatic heterocycles. The van der Waals surface area contributed by atoms with Crippen LogP contribution in [0.5, 0.6) is 0 Å². The van der Waals surface area contributed by atoms with Crippen molar-refractivity contribution in [1.82, 2.24) is 0 Å². The third-order valence-electron chi connectivity index (χ3n) is 4.71. The number of rotatable bonds is 4. The standard InChI is InChI=1S/C20H12F12N2O3/c1-34(9-3-5-11(18(24,25)26)13(7-9)20(30,31)32)16(37)14(35)15(36)33-8-2-4-10(17(21,22)23)12(6-8)19(27,28)29/h2-7,14,35H,1H3,(H,33,36). The quantitative estimate of drug-likeness (QED) is 0.374. The van der Waals surface area contributed by atoms with Gasteiger partial charge in [-0.25, -0.2) is 0 Å². The molecule has 204 valence electrons. The Balaban J connectivity index is 2.33. The molecule has 5 nitrogen and oxygen atoms in total. The van der Waals surface area contributed by atoms with E-state index in [9.17, 15) is 67.4 Å². The van der Waals surface area contributed by atoms with E-state index in [1.165, 1.54) is 0 Å². The molecular formula is C20H12F12N2O3. The zero-order chi connectivity index (χ0) is 28.7. The van der Waals surface area contributed by atoms with Crippen LogP contribution in [0.3, 0.4) is 0 Å². The van der Waals surface area contributed by atoms with Crippen LogP contribution >= 0.6 is 0 Å². The first-order valence-electron chi connectivity index (χ1n) is 9.38. The fraction of sp³-hybridized carbons (Fsp3) is 0.300. The van der Waals surface area contributed by atoms with Gasteiger partial charge in [-0.1, -0.05) is 0 Å². The molecule has 17 heteroatoms. The highest BCUT2D eigenvalue weighted by atomic mass is 19.4. The van der Waals surface area contributed by atoms with Crippen LogP contribution < -0.4 is 10.2 Å². The maximum atomic E-state index is 13.1. The summed E-state index contributed by atoms with van der Waals surface area (Å²) in [6.07, 6.45) is -24.7. The average molecular weight is 556 g/mol. The normalized spacial score (nSPS) is 13.8. The maximum Gasteiger partial charge on any atom is 0.417 e. The van der Waals surface area contributed by atoms with E-state index in [1.54, 1.807) is 5.32 Å². The summed E-state index contributed by atoms with van der Waals surface area (Å²) in [5.41, 5.74) is -10.4. The van der Waals surface area contributed by atoms with Crippen molar-refractivity contribution in [3.63, 3.8) is 0 Å². The molecule has 0 saturated heterocycles. The number of aliphatic hydroxyl groups is 1. The third-order valence-corrected chi connectivity index (χ3v) is 4.71. The van der Waals surface area contributed by atoms with Crippen LogP contribution in [0.1, 0.15) is 22.3 Å². The summed E-state index contributed by atoms with van der Waals surface area (Å²) in [6, 6.07) is 0.549. The van der Waals surface area contributed by atoms with Crippen LogP contribution in [0.25, 0.3) is 0 Å². The Kier molecular flexibility index (Phi) is 7.84. The van der Waals surface area contributed by atoms with Gasteiger partial charge in [-0.15, -0.1) is 0 Å². The topological polar surface area (TPSA) is 69.6 Å². The van der Waals surface area contributed by atoms with Gasteiger partial charge >= 0.3 is 24.7 Å². The second-order valence-electron chi connectivity index (χ2n) is 7.27. The van der Waals surface area contributed by atoms with Crippen LogP contribution in [0, 0.1) is 0 Å². The van der Waals surface area contributed by atoms with E-state index in [-0.39, 0.29) is 29.2 Å². The highest BCUT2D eigenvalue weighted by Crippen LogP contribution is 2.43. The van der Waals surface area contributed by atoms with Crippen molar-refractivity contribution >= 4 is 23.2 Å². The molecule has 37 heavy (non-hydrogen) atoms. The zero-order valence-electron chi connectivity index (χ0n) is 17.8. The second kappa shape index (κ2) is 9.75. The van der Waals surface area contributed by atoms with Gasteiger partial charge in [0.25, 0.3) is 11.8 Å². The molecule has 0 bridgehead atoms. The fourth-order valence-corrected chi connectivity index (χ4v) is 2.96. The predicted molar refractivity (Wildman–Crippen MR) is 101 cm³/mol. The number of carbonyl (C=O) groups is 2. The van der Waals surface area contributed by atoms with Crippen LogP contribution in [-0.4, -0.2) is 30.1 Å². The lowest BCUT2D eigenvalue weighted by molar-refractivity contribution is -0.162. The summed E-state index contributed by atoms with van der Waals surface area (Å²) in [5.74, 6) is -3.53. The number of benzene rings is 2. The molecule has 2 rings (SSSR count). The fourth-order valence-electron chi connectivity index (χ4n) is 2.96. The number of nitrogens with zero attached hydrogens (tertiary/aromatic N) is 1. The number of carbonyl (C=O) groups excluding carboxylic acids is 2. The Hall–Kier alpha value is -3.50. The molecule has 2 N–H and O–H groups in total. The molecule has 0 saturated carbocycles. The van der Waals surface area contributed by atoms with Gasteiger partial charge in [0.1, 0.15) is 0 Å². The van der Waals surface area contributed by atoms with Crippen LogP contribution in [0.4, 0.5) is 64.1 Å². The Bertz CT molecular complexity index is 1180. The molecule has 1 atom stereocenters. The smallest absolute Gasteiger partial charge is 0.375 e. The molecule has 0 heterocycles. The van der Waals surface area contributed by atoms with E-state index < -0.39 is 76.3 Å². The van der Waals surface area contributed by atoms with E-state index in [4.69, 9.17) is 0 Å². The van der Waals surface area contributed by atoms with Gasteiger partial charge in [0.2, 0.25) is 6.10 Å². The summed E-state index contributed by atoms with van der Waals surface area (Å²) >= 11 is 0. The lowest BCUT2D eigenvalue weighted by Crippen LogP contribution is -2.43. The van der Waals surface area contributed by atoms with Crippen molar-refractivity contribution in [2.24, 2.45) is 0 Å². The van der Waals surface area contributed by atoms with Gasteiger partial charge in [-0.3, -0.25) is 9.59 Å². The van der Waals surface area contributed by atoms with E-state index in [0.717, 1.165) is 0 Å². The molecule has 2 aromatic carbocycles. The van der Waals surface area contributed by atoms with E-state index >= 15 is 0 Å².